The minimum atomic E-state index is -2.85. The SMILES string of the molecule is COc1ccc(C(O[P+](=O)O)(c2ccccc2)c2ccccc2)cc1. The Morgan fingerprint density at radius 3 is 1.60 bits per heavy atom. The quantitative estimate of drug-likeness (QED) is 0.518. The Balaban J connectivity index is 2.29. The molecule has 0 amide bonds. The van der Waals surface area contributed by atoms with E-state index in [0.29, 0.717) is 5.75 Å². The highest BCUT2D eigenvalue weighted by Gasteiger charge is 2.45. The molecule has 3 aromatic rings. The molecule has 0 fully saturated rings. The van der Waals surface area contributed by atoms with Crippen molar-refractivity contribution in [1.82, 2.24) is 0 Å². The molecular formula is C20H18O4P+. The van der Waals surface area contributed by atoms with Gasteiger partial charge in [-0.2, -0.15) is 0 Å². The zero-order valence-electron chi connectivity index (χ0n) is 13.7. The van der Waals surface area contributed by atoms with Crippen LogP contribution in [0.15, 0.2) is 84.9 Å². The molecule has 0 bridgehead atoms. The van der Waals surface area contributed by atoms with Gasteiger partial charge in [-0.05, 0) is 28.8 Å². The van der Waals surface area contributed by atoms with E-state index in [4.69, 9.17) is 9.26 Å². The highest BCUT2D eigenvalue weighted by molar-refractivity contribution is 7.32. The van der Waals surface area contributed by atoms with Crippen LogP contribution in [-0.2, 0) is 14.7 Å². The first-order valence-corrected chi connectivity index (χ1v) is 8.90. The average Bonchev–Trinajstić information content (AvgIpc) is 2.67. The fraction of sp³-hybridized carbons (Fsp3) is 0.100. The Bertz CT molecular complexity index is 793. The maximum Gasteiger partial charge on any atom is 0.696 e. The Hall–Kier alpha value is -2.52. The Labute approximate surface area is 147 Å². The number of ether oxygens (including phenoxy) is 1. The predicted octanol–water partition coefficient (Wildman–Crippen LogP) is 4.65. The van der Waals surface area contributed by atoms with Crippen LogP contribution in [0.3, 0.4) is 0 Å². The lowest BCUT2D eigenvalue weighted by molar-refractivity contribution is 0.145. The molecule has 0 saturated carbocycles. The third kappa shape index (κ3) is 3.47. The van der Waals surface area contributed by atoms with Gasteiger partial charge in [-0.1, -0.05) is 77.3 Å². The maximum atomic E-state index is 11.8. The van der Waals surface area contributed by atoms with Crippen LogP contribution in [0.4, 0.5) is 0 Å². The molecular weight excluding hydrogens is 335 g/mol. The topological polar surface area (TPSA) is 55.8 Å². The van der Waals surface area contributed by atoms with Crippen LogP contribution in [0.1, 0.15) is 16.7 Å². The second-order valence-corrected chi connectivity index (χ2v) is 6.13. The molecule has 0 heterocycles. The van der Waals surface area contributed by atoms with Gasteiger partial charge < -0.3 is 4.74 Å². The van der Waals surface area contributed by atoms with Crippen LogP contribution in [0.5, 0.6) is 5.75 Å². The average molecular weight is 353 g/mol. The minimum absolute atomic E-state index is 0.701. The smallest absolute Gasteiger partial charge is 0.497 e. The van der Waals surface area contributed by atoms with Gasteiger partial charge >= 0.3 is 8.25 Å². The summed E-state index contributed by atoms with van der Waals surface area (Å²) >= 11 is 0. The van der Waals surface area contributed by atoms with Gasteiger partial charge in [0.25, 0.3) is 0 Å². The van der Waals surface area contributed by atoms with Crippen LogP contribution in [-0.4, -0.2) is 12.0 Å². The molecule has 5 heteroatoms. The van der Waals surface area contributed by atoms with Crippen molar-refractivity contribution < 1.29 is 18.7 Å². The Morgan fingerprint density at radius 1 is 0.760 bits per heavy atom. The number of methoxy groups -OCH3 is 1. The zero-order chi connectivity index (χ0) is 17.7. The first-order chi connectivity index (χ1) is 12.2. The summed E-state index contributed by atoms with van der Waals surface area (Å²) in [5, 5.41) is 0. The monoisotopic (exact) mass is 353 g/mol. The largest absolute Gasteiger partial charge is 0.696 e. The van der Waals surface area contributed by atoms with Gasteiger partial charge in [0.05, 0.1) is 7.11 Å². The third-order valence-corrected chi connectivity index (χ3v) is 4.50. The number of hydrogen-bond donors (Lipinski definition) is 1. The molecule has 0 aromatic heterocycles. The fourth-order valence-corrected chi connectivity index (χ4v) is 3.50. The summed E-state index contributed by atoms with van der Waals surface area (Å²) < 4.78 is 22.7. The van der Waals surface area contributed by atoms with Gasteiger partial charge in [-0.3, -0.25) is 0 Å². The Kier molecular flexibility index (Phi) is 5.25. The lowest BCUT2D eigenvalue weighted by atomic mass is 9.80. The molecule has 0 aliphatic heterocycles. The van der Waals surface area contributed by atoms with Crippen LogP contribution in [0.2, 0.25) is 0 Å². The molecule has 0 spiro atoms. The lowest BCUT2D eigenvalue weighted by Gasteiger charge is -2.29. The summed E-state index contributed by atoms with van der Waals surface area (Å²) in [4.78, 5) is 9.64. The van der Waals surface area contributed by atoms with Crippen molar-refractivity contribution >= 4 is 8.25 Å². The van der Waals surface area contributed by atoms with Crippen LogP contribution < -0.4 is 4.74 Å². The zero-order valence-corrected chi connectivity index (χ0v) is 14.6. The van der Waals surface area contributed by atoms with E-state index >= 15 is 0 Å². The van der Waals surface area contributed by atoms with Crippen molar-refractivity contribution in [1.29, 1.82) is 0 Å². The molecule has 1 N–H and O–H groups in total. The van der Waals surface area contributed by atoms with E-state index in [-0.39, 0.29) is 0 Å². The van der Waals surface area contributed by atoms with Crippen molar-refractivity contribution in [2.75, 3.05) is 7.11 Å². The van der Waals surface area contributed by atoms with Crippen molar-refractivity contribution in [3.63, 3.8) is 0 Å². The summed E-state index contributed by atoms with van der Waals surface area (Å²) in [6, 6.07) is 26.2. The summed E-state index contributed by atoms with van der Waals surface area (Å²) in [5.74, 6) is 0.701. The molecule has 1 unspecified atom stereocenters. The summed E-state index contributed by atoms with van der Waals surface area (Å²) in [7, 11) is -1.26. The predicted molar refractivity (Wildman–Crippen MR) is 96.7 cm³/mol. The van der Waals surface area contributed by atoms with Crippen molar-refractivity contribution in [3.8, 4) is 5.75 Å². The minimum Gasteiger partial charge on any atom is -0.497 e. The van der Waals surface area contributed by atoms with E-state index in [1.165, 1.54) is 0 Å². The molecule has 126 valence electrons. The molecule has 1 atom stereocenters. The summed E-state index contributed by atoms with van der Waals surface area (Å²) in [5.41, 5.74) is 1.08. The number of rotatable bonds is 6. The molecule has 4 nitrogen and oxygen atoms in total. The van der Waals surface area contributed by atoms with Crippen LogP contribution in [0.25, 0.3) is 0 Å². The third-order valence-electron chi connectivity index (χ3n) is 4.07. The van der Waals surface area contributed by atoms with E-state index in [2.05, 4.69) is 0 Å². The number of benzene rings is 3. The van der Waals surface area contributed by atoms with Gasteiger partial charge in [0.2, 0.25) is 5.60 Å². The molecule has 0 radical (unpaired) electrons. The second kappa shape index (κ2) is 7.58. The van der Waals surface area contributed by atoms with Crippen molar-refractivity contribution in [2.45, 2.75) is 5.60 Å². The van der Waals surface area contributed by atoms with Crippen molar-refractivity contribution in [2.24, 2.45) is 0 Å². The van der Waals surface area contributed by atoms with Gasteiger partial charge in [-0.25, -0.2) is 0 Å². The first kappa shape index (κ1) is 17.3. The Morgan fingerprint density at radius 2 is 1.20 bits per heavy atom. The van der Waals surface area contributed by atoms with Gasteiger partial charge in [0.15, 0.2) is 0 Å². The van der Waals surface area contributed by atoms with E-state index in [9.17, 15) is 9.46 Å². The fourth-order valence-electron chi connectivity index (χ4n) is 2.95. The van der Waals surface area contributed by atoms with E-state index in [1.807, 2.05) is 84.9 Å². The molecule has 0 saturated heterocycles. The van der Waals surface area contributed by atoms with Gasteiger partial charge in [0, 0.05) is 4.57 Å². The second-order valence-electron chi connectivity index (χ2n) is 5.47. The molecule has 0 aliphatic rings. The maximum absolute atomic E-state index is 11.8. The van der Waals surface area contributed by atoms with E-state index in [0.717, 1.165) is 16.7 Å². The lowest BCUT2D eigenvalue weighted by Crippen LogP contribution is -2.30. The first-order valence-electron chi connectivity index (χ1n) is 7.77. The standard InChI is InChI=1S/C20H17O4P/c1-23-19-14-12-18(13-15-19)20(24-25(21)22,16-8-4-2-5-9-16)17-10-6-3-7-11-17/h2-15H,1H3/p+1. The summed E-state index contributed by atoms with van der Waals surface area (Å²) in [6.07, 6.45) is 0. The molecule has 25 heavy (non-hydrogen) atoms. The highest BCUT2D eigenvalue weighted by atomic mass is 31.1. The number of hydrogen-bond acceptors (Lipinski definition) is 3. The van der Waals surface area contributed by atoms with E-state index in [1.54, 1.807) is 7.11 Å². The summed E-state index contributed by atoms with van der Waals surface area (Å²) in [6.45, 7) is 0. The van der Waals surface area contributed by atoms with Crippen LogP contribution >= 0.6 is 8.25 Å². The van der Waals surface area contributed by atoms with Gasteiger partial charge in [0.1, 0.15) is 5.75 Å². The molecule has 3 aromatic carbocycles. The van der Waals surface area contributed by atoms with Crippen molar-refractivity contribution in [3.05, 3.63) is 102 Å². The highest BCUT2D eigenvalue weighted by Crippen LogP contribution is 2.45. The molecule has 3 rings (SSSR count). The molecule has 0 aliphatic carbocycles. The van der Waals surface area contributed by atoms with E-state index < -0.39 is 13.9 Å². The normalized spacial score (nSPS) is 11.8. The van der Waals surface area contributed by atoms with Gasteiger partial charge in [-0.15, -0.1) is 4.89 Å². The van der Waals surface area contributed by atoms with Crippen LogP contribution in [0, 0.1) is 0 Å².